The SMILES string of the molecule is CNC(=O)C(C)N(Cc1c(Cl)cccc1Cl)C(=O)CN(c1ccccc1C)S(=O)(=O)c1ccccc1. The van der Waals surface area contributed by atoms with Gasteiger partial charge < -0.3 is 10.2 Å². The van der Waals surface area contributed by atoms with Crippen LogP contribution in [0.4, 0.5) is 5.69 Å². The number of nitrogens with one attached hydrogen (secondary N) is 1. The average Bonchev–Trinajstić information content (AvgIpc) is 2.87. The molecule has 2 amide bonds. The number of halogens is 2. The summed E-state index contributed by atoms with van der Waals surface area (Å²) >= 11 is 12.7. The number of para-hydroxylation sites is 1. The lowest BCUT2D eigenvalue weighted by Gasteiger charge is -2.32. The third-order valence-electron chi connectivity index (χ3n) is 5.80. The standard InChI is InChI=1S/C26H27Cl2N3O4S/c1-18-10-7-8-15-24(18)31(36(34,35)20-11-5-4-6-12-20)17-25(32)30(19(2)26(33)29-3)16-21-22(27)13-9-14-23(21)28/h4-15,19H,16-17H2,1-3H3,(H,29,33). The van der Waals surface area contributed by atoms with Gasteiger partial charge in [-0.05, 0) is 49.7 Å². The molecule has 0 bridgehead atoms. The quantitative estimate of drug-likeness (QED) is 0.422. The molecule has 10 heteroatoms. The highest BCUT2D eigenvalue weighted by Crippen LogP contribution is 2.29. The number of nitrogens with zero attached hydrogens (tertiary/aromatic N) is 2. The third-order valence-corrected chi connectivity index (χ3v) is 8.28. The van der Waals surface area contributed by atoms with E-state index in [1.54, 1.807) is 74.5 Å². The fourth-order valence-corrected chi connectivity index (χ4v) is 5.74. The van der Waals surface area contributed by atoms with Crippen molar-refractivity contribution in [3.8, 4) is 0 Å². The number of hydrogen-bond donors (Lipinski definition) is 1. The second-order valence-electron chi connectivity index (χ2n) is 8.12. The fraction of sp³-hybridized carbons (Fsp3) is 0.231. The maximum Gasteiger partial charge on any atom is 0.264 e. The van der Waals surface area contributed by atoms with Crippen LogP contribution in [0.1, 0.15) is 18.1 Å². The number of likely N-dealkylation sites (N-methyl/N-ethyl adjacent to an activating group) is 1. The molecule has 190 valence electrons. The zero-order chi connectivity index (χ0) is 26.5. The zero-order valence-electron chi connectivity index (χ0n) is 20.1. The topological polar surface area (TPSA) is 86.8 Å². The summed E-state index contributed by atoms with van der Waals surface area (Å²) in [6.45, 7) is 2.71. The largest absolute Gasteiger partial charge is 0.357 e. The van der Waals surface area contributed by atoms with Crippen LogP contribution in [0, 0.1) is 6.92 Å². The van der Waals surface area contributed by atoms with Crippen molar-refractivity contribution in [2.45, 2.75) is 31.3 Å². The highest BCUT2D eigenvalue weighted by Gasteiger charge is 2.33. The molecule has 1 atom stereocenters. The molecule has 3 aromatic rings. The Kier molecular flexibility index (Phi) is 9.00. The van der Waals surface area contributed by atoms with Crippen molar-refractivity contribution >= 4 is 50.7 Å². The van der Waals surface area contributed by atoms with E-state index in [1.807, 2.05) is 0 Å². The van der Waals surface area contributed by atoms with E-state index < -0.39 is 34.4 Å². The molecule has 7 nitrogen and oxygen atoms in total. The summed E-state index contributed by atoms with van der Waals surface area (Å²) in [5, 5.41) is 3.20. The summed E-state index contributed by atoms with van der Waals surface area (Å²) in [5.74, 6) is -1.01. The predicted octanol–water partition coefficient (Wildman–Crippen LogP) is 4.66. The normalized spacial score (nSPS) is 12.0. The molecule has 3 rings (SSSR count). The number of carbonyl (C=O) groups is 2. The Bertz CT molecular complexity index is 1330. The van der Waals surface area contributed by atoms with Gasteiger partial charge in [0.15, 0.2) is 0 Å². The Hall–Kier alpha value is -3.07. The summed E-state index contributed by atoms with van der Waals surface area (Å²) < 4.78 is 28.5. The molecular formula is C26H27Cl2N3O4S. The molecule has 0 heterocycles. The highest BCUT2D eigenvalue weighted by atomic mass is 35.5. The zero-order valence-corrected chi connectivity index (χ0v) is 22.4. The summed E-state index contributed by atoms with van der Waals surface area (Å²) in [4.78, 5) is 27.6. The molecule has 0 spiro atoms. The molecule has 3 aromatic carbocycles. The van der Waals surface area contributed by atoms with Crippen LogP contribution in [0.3, 0.4) is 0 Å². The van der Waals surface area contributed by atoms with Crippen molar-refractivity contribution in [3.05, 3.63) is 94.0 Å². The molecule has 0 aliphatic heterocycles. The number of benzene rings is 3. The van der Waals surface area contributed by atoms with Gasteiger partial charge in [0.2, 0.25) is 11.8 Å². The first-order valence-electron chi connectivity index (χ1n) is 11.1. The lowest BCUT2D eigenvalue weighted by Crippen LogP contribution is -2.50. The van der Waals surface area contributed by atoms with E-state index in [-0.39, 0.29) is 11.4 Å². The number of sulfonamides is 1. The van der Waals surface area contributed by atoms with Gasteiger partial charge in [-0.1, -0.05) is 65.7 Å². The highest BCUT2D eigenvalue weighted by molar-refractivity contribution is 7.92. The summed E-state index contributed by atoms with van der Waals surface area (Å²) in [7, 11) is -2.65. The first kappa shape index (κ1) is 27.5. The monoisotopic (exact) mass is 547 g/mol. The van der Waals surface area contributed by atoms with Crippen molar-refractivity contribution in [1.29, 1.82) is 0 Å². The molecule has 0 aliphatic rings. The van der Waals surface area contributed by atoms with E-state index in [9.17, 15) is 18.0 Å². The van der Waals surface area contributed by atoms with Gasteiger partial charge in [0.25, 0.3) is 10.0 Å². The second-order valence-corrected chi connectivity index (χ2v) is 10.8. The Balaban J connectivity index is 2.07. The molecule has 36 heavy (non-hydrogen) atoms. The smallest absolute Gasteiger partial charge is 0.264 e. The minimum absolute atomic E-state index is 0.0427. The number of carbonyl (C=O) groups excluding carboxylic acids is 2. The molecular weight excluding hydrogens is 521 g/mol. The van der Waals surface area contributed by atoms with E-state index in [1.165, 1.54) is 24.1 Å². The third kappa shape index (κ3) is 6.00. The van der Waals surface area contributed by atoms with Crippen LogP contribution in [-0.4, -0.2) is 44.8 Å². The first-order valence-corrected chi connectivity index (χ1v) is 13.3. The van der Waals surface area contributed by atoms with Crippen LogP contribution in [0.15, 0.2) is 77.7 Å². The second kappa shape index (κ2) is 11.8. The van der Waals surface area contributed by atoms with Gasteiger partial charge in [-0.2, -0.15) is 0 Å². The van der Waals surface area contributed by atoms with Crippen molar-refractivity contribution in [3.63, 3.8) is 0 Å². The minimum atomic E-state index is -4.11. The van der Waals surface area contributed by atoms with E-state index in [0.717, 1.165) is 4.31 Å². The molecule has 0 radical (unpaired) electrons. The Morgan fingerprint density at radius 3 is 2.08 bits per heavy atom. The Morgan fingerprint density at radius 1 is 0.917 bits per heavy atom. The molecule has 0 saturated carbocycles. The van der Waals surface area contributed by atoms with Crippen molar-refractivity contribution < 1.29 is 18.0 Å². The van der Waals surface area contributed by atoms with Gasteiger partial charge in [-0.25, -0.2) is 8.42 Å². The van der Waals surface area contributed by atoms with Crippen LogP contribution in [0.25, 0.3) is 0 Å². The molecule has 0 aromatic heterocycles. The van der Waals surface area contributed by atoms with Gasteiger partial charge in [0, 0.05) is 29.2 Å². The lowest BCUT2D eigenvalue weighted by atomic mass is 10.1. The van der Waals surface area contributed by atoms with Crippen LogP contribution in [-0.2, 0) is 26.2 Å². The molecule has 0 fully saturated rings. The number of anilines is 1. The number of amides is 2. The minimum Gasteiger partial charge on any atom is -0.357 e. The Morgan fingerprint density at radius 2 is 1.50 bits per heavy atom. The number of rotatable bonds is 9. The van der Waals surface area contributed by atoms with Gasteiger partial charge in [0.1, 0.15) is 12.6 Å². The van der Waals surface area contributed by atoms with Crippen molar-refractivity contribution in [2.75, 3.05) is 17.9 Å². The molecule has 0 aliphatic carbocycles. The summed E-state index contributed by atoms with van der Waals surface area (Å²) in [6.07, 6.45) is 0. The maximum absolute atomic E-state index is 13.8. The van der Waals surface area contributed by atoms with Gasteiger partial charge in [-0.15, -0.1) is 0 Å². The van der Waals surface area contributed by atoms with Gasteiger partial charge in [0.05, 0.1) is 10.6 Å². The van der Waals surface area contributed by atoms with E-state index in [4.69, 9.17) is 23.2 Å². The predicted molar refractivity (Wildman–Crippen MR) is 143 cm³/mol. The Labute approximate surface area is 221 Å². The van der Waals surface area contributed by atoms with Crippen LogP contribution in [0.2, 0.25) is 10.0 Å². The first-order chi connectivity index (χ1) is 17.1. The number of aryl methyl sites for hydroxylation is 1. The lowest BCUT2D eigenvalue weighted by molar-refractivity contribution is -0.139. The fourth-order valence-electron chi connectivity index (χ4n) is 3.72. The average molecular weight is 548 g/mol. The summed E-state index contributed by atoms with van der Waals surface area (Å²) in [5.41, 5.74) is 1.49. The van der Waals surface area contributed by atoms with Crippen LogP contribution < -0.4 is 9.62 Å². The number of hydrogen-bond acceptors (Lipinski definition) is 4. The van der Waals surface area contributed by atoms with Gasteiger partial charge in [-0.3, -0.25) is 13.9 Å². The molecule has 1 N–H and O–H groups in total. The van der Waals surface area contributed by atoms with E-state index >= 15 is 0 Å². The van der Waals surface area contributed by atoms with Crippen LogP contribution >= 0.6 is 23.2 Å². The van der Waals surface area contributed by atoms with Crippen molar-refractivity contribution in [1.82, 2.24) is 10.2 Å². The van der Waals surface area contributed by atoms with Crippen molar-refractivity contribution in [2.24, 2.45) is 0 Å². The van der Waals surface area contributed by atoms with E-state index in [2.05, 4.69) is 5.32 Å². The maximum atomic E-state index is 13.8. The molecule has 0 saturated heterocycles. The van der Waals surface area contributed by atoms with Gasteiger partial charge >= 0.3 is 0 Å². The van der Waals surface area contributed by atoms with E-state index in [0.29, 0.717) is 26.9 Å². The van der Waals surface area contributed by atoms with Crippen LogP contribution in [0.5, 0.6) is 0 Å². The summed E-state index contributed by atoms with van der Waals surface area (Å²) in [6, 6.07) is 18.8. The molecule has 1 unspecified atom stereocenters.